The largest absolute Gasteiger partial charge is 0.489 e. The fourth-order valence-corrected chi connectivity index (χ4v) is 2.16. The van der Waals surface area contributed by atoms with Crippen LogP contribution in [0.15, 0.2) is 18.2 Å². The zero-order valence-electron chi connectivity index (χ0n) is 14.9. The topological polar surface area (TPSA) is 85.0 Å². The lowest BCUT2D eigenvalue weighted by atomic mass is 10.2. The third kappa shape index (κ3) is 6.84. The van der Waals surface area contributed by atoms with Gasteiger partial charge in [-0.3, -0.25) is 0 Å². The number of halogens is 1. The minimum Gasteiger partial charge on any atom is -0.489 e. The molecule has 1 unspecified atom stereocenters. The van der Waals surface area contributed by atoms with Gasteiger partial charge in [-0.15, -0.1) is 0 Å². The van der Waals surface area contributed by atoms with Crippen LogP contribution in [0.25, 0.3) is 0 Å². The zero-order chi connectivity index (χ0) is 18.5. The van der Waals surface area contributed by atoms with Gasteiger partial charge >= 0.3 is 6.09 Å². The lowest BCUT2D eigenvalue weighted by molar-refractivity contribution is 0.00188. The van der Waals surface area contributed by atoms with Crippen molar-refractivity contribution in [1.29, 1.82) is 0 Å². The Morgan fingerprint density at radius 3 is 2.50 bits per heavy atom. The monoisotopic (exact) mass is 358 g/mol. The summed E-state index contributed by atoms with van der Waals surface area (Å²) < 4.78 is 10.9. The number of anilines is 1. The number of nitrogens with zero attached hydrogens (tertiary/aromatic N) is 1. The van der Waals surface area contributed by atoms with Gasteiger partial charge in [0.05, 0.1) is 11.6 Å². The summed E-state index contributed by atoms with van der Waals surface area (Å²) in [5.41, 5.74) is 5.56. The molecule has 1 rings (SSSR count). The van der Waals surface area contributed by atoms with Crippen molar-refractivity contribution in [3.8, 4) is 5.75 Å². The smallest absolute Gasteiger partial charge is 0.410 e. The minimum absolute atomic E-state index is 0.00431. The highest BCUT2D eigenvalue weighted by atomic mass is 35.5. The van der Waals surface area contributed by atoms with E-state index in [1.807, 2.05) is 13.8 Å². The number of ether oxygens (including phenoxy) is 2. The minimum atomic E-state index is -0.881. The van der Waals surface area contributed by atoms with E-state index in [4.69, 9.17) is 26.8 Å². The first kappa shape index (κ1) is 20.4. The Bertz CT molecular complexity index is 558. The predicted molar refractivity (Wildman–Crippen MR) is 95.4 cm³/mol. The Kier molecular flexibility index (Phi) is 7.17. The first-order valence-corrected chi connectivity index (χ1v) is 8.23. The van der Waals surface area contributed by atoms with E-state index in [2.05, 4.69) is 0 Å². The SMILES string of the molecule is CC(C)N(CC(O)COc1ccc(N)cc1Cl)C(=O)OC(C)(C)C. The summed E-state index contributed by atoms with van der Waals surface area (Å²) in [6, 6.07) is 4.76. The number of rotatable bonds is 6. The number of carbonyl (C=O) groups is 1. The van der Waals surface area contributed by atoms with E-state index in [0.717, 1.165) is 0 Å². The van der Waals surface area contributed by atoms with Crippen LogP contribution < -0.4 is 10.5 Å². The summed E-state index contributed by atoms with van der Waals surface area (Å²) in [5, 5.41) is 10.6. The Balaban J connectivity index is 2.62. The molecule has 3 N–H and O–H groups in total. The van der Waals surface area contributed by atoms with Gasteiger partial charge in [-0.25, -0.2) is 4.79 Å². The van der Waals surface area contributed by atoms with Gasteiger partial charge in [0.15, 0.2) is 0 Å². The summed E-state index contributed by atoms with van der Waals surface area (Å²) in [5.74, 6) is 0.429. The highest BCUT2D eigenvalue weighted by Gasteiger charge is 2.26. The van der Waals surface area contributed by atoms with Crippen LogP contribution in [0.3, 0.4) is 0 Å². The molecule has 6 nitrogen and oxygen atoms in total. The van der Waals surface area contributed by atoms with E-state index < -0.39 is 17.8 Å². The molecule has 1 amide bonds. The van der Waals surface area contributed by atoms with Crippen LogP contribution in [-0.2, 0) is 4.74 Å². The number of nitrogen functional groups attached to an aromatic ring is 1. The Labute approximate surface area is 148 Å². The van der Waals surface area contributed by atoms with Crippen molar-refractivity contribution in [2.45, 2.75) is 52.4 Å². The second-order valence-corrected chi connectivity index (χ2v) is 7.29. The van der Waals surface area contributed by atoms with Crippen LogP contribution in [0.1, 0.15) is 34.6 Å². The van der Waals surface area contributed by atoms with Crippen LogP contribution in [0.5, 0.6) is 5.75 Å². The lowest BCUT2D eigenvalue weighted by Gasteiger charge is -2.31. The van der Waals surface area contributed by atoms with Crippen molar-refractivity contribution < 1.29 is 19.4 Å². The molecular weight excluding hydrogens is 332 g/mol. The van der Waals surface area contributed by atoms with E-state index in [-0.39, 0.29) is 19.2 Å². The Hall–Kier alpha value is -1.66. The van der Waals surface area contributed by atoms with Gasteiger partial charge in [0.2, 0.25) is 0 Å². The molecule has 0 aliphatic carbocycles. The molecule has 0 saturated carbocycles. The summed E-state index contributed by atoms with van der Waals surface area (Å²) >= 11 is 6.02. The number of benzene rings is 1. The highest BCUT2D eigenvalue weighted by Crippen LogP contribution is 2.26. The predicted octanol–water partition coefficient (Wildman–Crippen LogP) is 3.31. The molecule has 1 aromatic carbocycles. The Morgan fingerprint density at radius 2 is 2.00 bits per heavy atom. The molecule has 136 valence electrons. The number of aliphatic hydroxyl groups is 1. The van der Waals surface area contributed by atoms with Crippen molar-refractivity contribution in [1.82, 2.24) is 4.90 Å². The summed E-state index contributed by atoms with van der Waals surface area (Å²) in [4.78, 5) is 13.7. The van der Waals surface area contributed by atoms with Gasteiger partial charge in [0.1, 0.15) is 24.1 Å². The van der Waals surface area contributed by atoms with Crippen LogP contribution in [-0.4, -0.2) is 47.0 Å². The van der Waals surface area contributed by atoms with Gasteiger partial charge in [0, 0.05) is 11.7 Å². The van der Waals surface area contributed by atoms with Gasteiger partial charge in [-0.2, -0.15) is 0 Å². The maximum Gasteiger partial charge on any atom is 0.410 e. The van der Waals surface area contributed by atoms with Crippen LogP contribution in [0.4, 0.5) is 10.5 Å². The van der Waals surface area contributed by atoms with Crippen LogP contribution in [0, 0.1) is 0 Å². The molecule has 0 bridgehead atoms. The number of aliphatic hydroxyl groups excluding tert-OH is 1. The Morgan fingerprint density at radius 1 is 1.38 bits per heavy atom. The molecule has 7 heteroatoms. The summed E-state index contributed by atoms with van der Waals surface area (Å²) in [6.45, 7) is 9.20. The highest BCUT2D eigenvalue weighted by molar-refractivity contribution is 6.32. The molecule has 1 atom stereocenters. The average molecular weight is 359 g/mol. The van der Waals surface area contributed by atoms with Crippen molar-refractivity contribution >= 4 is 23.4 Å². The normalized spacial score (nSPS) is 12.8. The number of hydrogen-bond acceptors (Lipinski definition) is 5. The van der Waals surface area contributed by atoms with E-state index >= 15 is 0 Å². The van der Waals surface area contributed by atoms with E-state index in [9.17, 15) is 9.90 Å². The first-order valence-electron chi connectivity index (χ1n) is 7.85. The molecule has 0 heterocycles. The van der Waals surface area contributed by atoms with Crippen molar-refractivity contribution in [2.24, 2.45) is 0 Å². The fraction of sp³-hybridized carbons (Fsp3) is 0.588. The van der Waals surface area contributed by atoms with Gasteiger partial charge in [0.25, 0.3) is 0 Å². The molecule has 24 heavy (non-hydrogen) atoms. The molecule has 0 aromatic heterocycles. The van der Waals surface area contributed by atoms with E-state index in [0.29, 0.717) is 16.5 Å². The van der Waals surface area contributed by atoms with Gasteiger partial charge in [-0.1, -0.05) is 11.6 Å². The molecule has 0 spiro atoms. The maximum atomic E-state index is 12.2. The standard InChI is InChI=1S/C17H27ClN2O4/c1-11(2)20(16(22)24-17(3,4)5)9-13(21)10-23-15-7-6-12(19)8-14(15)18/h6-8,11,13,21H,9-10,19H2,1-5H3. The third-order valence-electron chi connectivity index (χ3n) is 3.05. The summed E-state index contributed by atoms with van der Waals surface area (Å²) in [6.07, 6.45) is -1.35. The summed E-state index contributed by atoms with van der Waals surface area (Å²) in [7, 11) is 0. The second-order valence-electron chi connectivity index (χ2n) is 6.88. The number of hydrogen-bond donors (Lipinski definition) is 2. The molecule has 0 radical (unpaired) electrons. The zero-order valence-corrected chi connectivity index (χ0v) is 15.6. The quantitative estimate of drug-likeness (QED) is 0.762. The van der Waals surface area contributed by atoms with Crippen molar-refractivity contribution in [3.63, 3.8) is 0 Å². The number of nitrogens with two attached hydrogens (primary N) is 1. The number of carbonyl (C=O) groups excluding carboxylic acids is 1. The van der Waals surface area contributed by atoms with E-state index in [1.165, 1.54) is 4.90 Å². The molecule has 1 aromatic rings. The molecule has 0 saturated heterocycles. The fourth-order valence-electron chi connectivity index (χ4n) is 1.92. The van der Waals surface area contributed by atoms with E-state index in [1.54, 1.807) is 39.0 Å². The van der Waals surface area contributed by atoms with Gasteiger partial charge < -0.3 is 25.2 Å². The van der Waals surface area contributed by atoms with Crippen molar-refractivity contribution in [3.05, 3.63) is 23.2 Å². The number of amides is 1. The lowest BCUT2D eigenvalue weighted by Crippen LogP contribution is -2.46. The van der Waals surface area contributed by atoms with Gasteiger partial charge in [-0.05, 0) is 52.8 Å². The van der Waals surface area contributed by atoms with Crippen LogP contribution in [0.2, 0.25) is 5.02 Å². The average Bonchev–Trinajstić information content (AvgIpc) is 2.41. The first-order chi connectivity index (χ1) is 11.0. The molecule has 0 aliphatic heterocycles. The maximum absolute atomic E-state index is 12.2. The molecule has 0 fully saturated rings. The third-order valence-corrected chi connectivity index (χ3v) is 3.34. The van der Waals surface area contributed by atoms with Crippen LogP contribution >= 0.6 is 11.6 Å². The second kappa shape index (κ2) is 8.44. The molecule has 0 aliphatic rings. The molecular formula is C17H27ClN2O4. The van der Waals surface area contributed by atoms with Crippen molar-refractivity contribution in [2.75, 3.05) is 18.9 Å².